The summed E-state index contributed by atoms with van der Waals surface area (Å²) in [4.78, 5) is 36.9. The summed E-state index contributed by atoms with van der Waals surface area (Å²) in [6.45, 7) is 2.04. The predicted octanol–water partition coefficient (Wildman–Crippen LogP) is 1.45. The highest BCUT2D eigenvalue weighted by atomic mass is 16.6. The summed E-state index contributed by atoms with van der Waals surface area (Å²) >= 11 is 0. The van der Waals surface area contributed by atoms with Crippen molar-refractivity contribution in [2.45, 2.75) is 25.9 Å². The van der Waals surface area contributed by atoms with Crippen LogP contribution in [0.5, 0.6) is 0 Å². The number of ether oxygens (including phenoxy) is 1. The van der Waals surface area contributed by atoms with Gasteiger partial charge in [0.25, 0.3) is 5.91 Å². The van der Waals surface area contributed by atoms with Gasteiger partial charge in [0, 0.05) is 13.0 Å². The smallest absolute Gasteiger partial charge is 0.355 e. The fourth-order valence-electron chi connectivity index (χ4n) is 2.92. The molecule has 3 rings (SSSR count). The molecule has 0 aliphatic carbocycles. The minimum Gasteiger partial charge on any atom is -0.464 e. The Bertz CT molecular complexity index is 831. The fourth-order valence-corrected chi connectivity index (χ4v) is 2.92. The lowest BCUT2D eigenvalue weighted by Gasteiger charge is -2.35. The van der Waals surface area contributed by atoms with Crippen LogP contribution in [0.3, 0.4) is 0 Å². The number of carbonyl (C=O) groups excluding carboxylic acids is 2. The standard InChI is InChI=1S/C16H16N4O5/c1-2-25-16(22)13-7-10-5-3-4-6-11(10)9-19(13)15(21)12-8-17-18-14(12)20(23)24/h3-6,8,13H,2,7,9H2,1H3,(H,17,18). The lowest BCUT2D eigenvalue weighted by molar-refractivity contribution is -0.389. The molecule has 2 aromatic rings. The molecule has 9 nitrogen and oxygen atoms in total. The van der Waals surface area contributed by atoms with Crippen LogP contribution in [0.2, 0.25) is 0 Å². The molecule has 0 saturated heterocycles. The molecule has 1 unspecified atom stereocenters. The van der Waals surface area contributed by atoms with Crippen LogP contribution in [0.15, 0.2) is 30.5 Å². The quantitative estimate of drug-likeness (QED) is 0.509. The molecule has 1 amide bonds. The first-order valence-electron chi connectivity index (χ1n) is 7.75. The molecule has 0 fully saturated rings. The summed E-state index contributed by atoms with van der Waals surface area (Å²) in [5.41, 5.74) is 1.66. The Hall–Kier alpha value is -3.23. The Morgan fingerprint density at radius 2 is 2.12 bits per heavy atom. The summed E-state index contributed by atoms with van der Waals surface area (Å²) in [5, 5.41) is 16.8. The van der Waals surface area contributed by atoms with Crippen molar-refractivity contribution in [3.63, 3.8) is 0 Å². The van der Waals surface area contributed by atoms with Crippen LogP contribution in [0.25, 0.3) is 0 Å². The maximum Gasteiger partial charge on any atom is 0.355 e. The minimum atomic E-state index is -0.836. The van der Waals surface area contributed by atoms with E-state index in [4.69, 9.17) is 4.74 Å². The highest BCUT2D eigenvalue weighted by Gasteiger charge is 2.38. The van der Waals surface area contributed by atoms with Crippen molar-refractivity contribution in [1.29, 1.82) is 0 Å². The van der Waals surface area contributed by atoms with E-state index in [-0.39, 0.29) is 18.7 Å². The first-order chi connectivity index (χ1) is 12.0. The number of aromatic nitrogens is 2. The zero-order valence-electron chi connectivity index (χ0n) is 13.5. The molecule has 25 heavy (non-hydrogen) atoms. The zero-order valence-corrected chi connectivity index (χ0v) is 13.5. The maximum atomic E-state index is 12.9. The van der Waals surface area contributed by atoms with Crippen molar-refractivity contribution < 1.29 is 19.2 Å². The number of nitrogens with one attached hydrogen (secondary N) is 1. The van der Waals surface area contributed by atoms with E-state index in [1.54, 1.807) is 6.92 Å². The summed E-state index contributed by atoms with van der Waals surface area (Å²) in [5.74, 6) is -1.66. The summed E-state index contributed by atoms with van der Waals surface area (Å²) in [6, 6.07) is 6.62. The number of amides is 1. The average molecular weight is 344 g/mol. The molecule has 130 valence electrons. The Morgan fingerprint density at radius 3 is 2.80 bits per heavy atom. The van der Waals surface area contributed by atoms with E-state index in [1.807, 2.05) is 24.3 Å². The monoisotopic (exact) mass is 344 g/mol. The molecule has 1 atom stereocenters. The van der Waals surface area contributed by atoms with E-state index in [2.05, 4.69) is 10.2 Å². The second-order valence-corrected chi connectivity index (χ2v) is 5.56. The van der Waals surface area contributed by atoms with Gasteiger partial charge in [-0.15, -0.1) is 5.10 Å². The van der Waals surface area contributed by atoms with E-state index < -0.39 is 28.7 Å². The van der Waals surface area contributed by atoms with E-state index in [9.17, 15) is 19.7 Å². The third-order valence-electron chi connectivity index (χ3n) is 4.10. The highest BCUT2D eigenvalue weighted by molar-refractivity contribution is 5.99. The lowest BCUT2D eigenvalue weighted by atomic mass is 9.93. The molecular formula is C16H16N4O5. The summed E-state index contributed by atoms with van der Waals surface area (Å²) in [6.07, 6.45) is 1.40. The normalized spacial score (nSPS) is 16.2. The van der Waals surface area contributed by atoms with Crippen LogP contribution >= 0.6 is 0 Å². The molecule has 1 aromatic heterocycles. The summed E-state index contributed by atoms with van der Waals surface area (Å²) in [7, 11) is 0. The molecule has 2 heterocycles. The van der Waals surface area contributed by atoms with Crippen molar-refractivity contribution in [3.8, 4) is 0 Å². The van der Waals surface area contributed by atoms with Crippen molar-refractivity contribution >= 4 is 17.7 Å². The number of fused-ring (bicyclic) bond motifs is 1. The van der Waals surface area contributed by atoms with Crippen molar-refractivity contribution in [2.75, 3.05) is 6.61 Å². The third-order valence-corrected chi connectivity index (χ3v) is 4.10. The average Bonchev–Trinajstić information content (AvgIpc) is 3.10. The van der Waals surface area contributed by atoms with Crippen LogP contribution in [0.1, 0.15) is 28.4 Å². The number of rotatable bonds is 4. The minimum absolute atomic E-state index is 0.167. The Morgan fingerprint density at radius 1 is 1.40 bits per heavy atom. The van der Waals surface area contributed by atoms with Crippen molar-refractivity contribution in [1.82, 2.24) is 15.1 Å². The number of esters is 1. The third kappa shape index (κ3) is 3.08. The fraction of sp³-hybridized carbons (Fsp3) is 0.312. The van der Waals surface area contributed by atoms with Gasteiger partial charge in [0.1, 0.15) is 6.04 Å². The van der Waals surface area contributed by atoms with Crippen molar-refractivity contribution in [3.05, 3.63) is 57.3 Å². The molecule has 0 radical (unpaired) electrons. The molecule has 1 aliphatic rings. The largest absolute Gasteiger partial charge is 0.464 e. The van der Waals surface area contributed by atoms with Crippen LogP contribution in [-0.2, 0) is 22.5 Å². The maximum absolute atomic E-state index is 12.9. The molecule has 1 aromatic carbocycles. The van der Waals surface area contributed by atoms with Crippen LogP contribution in [-0.4, -0.2) is 44.5 Å². The number of benzene rings is 1. The van der Waals surface area contributed by atoms with Gasteiger partial charge in [-0.2, -0.15) is 0 Å². The number of nitro groups is 1. The number of carbonyl (C=O) groups is 2. The Balaban J connectivity index is 1.98. The number of nitrogens with zero attached hydrogens (tertiary/aromatic N) is 3. The van der Waals surface area contributed by atoms with Crippen LogP contribution < -0.4 is 0 Å². The number of aromatic amines is 1. The van der Waals surface area contributed by atoms with E-state index in [1.165, 1.54) is 4.90 Å². The molecular weight excluding hydrogens is 328 g/mol. The van der Waals surface area contributed by atoms with E-state index >= 15 is 0 Å². The van der Waals surface area contributed by atoms with Crippen molar-refractivity contribution in [2.24, 2.45) is 0 Å². The predicted molar refractivity (Wildman–Crippen MR) is 85.7 cm³/mol. The van der Waals surface area contributed by atoms with Gasteiger partial charge in [0.15, 0.2) is 5.56 Å². The molecule has 0 saturated carbocycles. The molecule has 9 heteroatoms. The topological polar surface area (TPSA) is 118 Å². The van der Waals surface area contributed by atoms with Gasteiger partial charge in [-0.05, 0) is 23.0 Å². The Kier molecular flexibility index (Phi) is 4.46. The molecule has 0 spiro atoms. The van der Waals surface area contributed by atoms with Gasteiger partial charge in [-0.25, -0.2) is 4.79 Å². The number of hydrogen-bond acceptors (Lipinski definition) is 6. The van der Waals surface area contributed by atoms with Gasteiger partial charge in [0.2, 0.25) is 0 Å². The Labute approximate surface area is 142 Å². The highest BCUT2D eigenvalue weighted by Crippen LogP contribution is 2.27. The first kappa shape index (κ1) is 16.6. The second-order valence-electron chi connectivity index (χ2n) is 5.56. The SMILES string of the molecule is CCOC(=O)C1Cc2ccccc2CN1C(=O)c1cn[nH]c1[N+](=O)[O-]. The zero-order chi connectivity index (χ0) is 18.0. The molecule has 1 aliphatic heterocycles. The number of H-pyrrole nitrogens is 1. The second kappa shape index (κ2) is 6.71. The van der Waals surface area contributed by atoms with Gasteiger partial charge in [0.05, 0.1) is 12.8 Å². The first-order valence-corrected chi connectivity index (χ1v) is 7.75. The lowest BCUT2D eigenvalue weighted by Crippen LogP contribution is -2.49. The summed E-state index contributed by atoms with van der Waals surface area (Å²) < 4.78 is 5.08. The van der Waals surface area contributed by atoms with Gasteiger partial charge in [-0.1, -0.05) is 29.4 Å². The van der Waals surface area contributed by atoms with Crippen LogP contribution in [0, 0.1) is 10.1 Å². The van der Waals surface area contributed by atoms with E-state index in [0.717, 1.165) is 17.3 Å². The molecule has 1 N–H and O–H groups in total. The molecule has 0 bridgehead atoms. The van der Waals surface area contributed by atoms with Crippen LogP contribution in [0.4, 0.5) is 5.82 Å². The van der Waals surface area contributed by atoms with Gasteiger partial charge in [-0.3, -0.25) is 4.79 Å². The van der Waals surface area contributed by atoms with Gasteiger partial charge < -0.3 is 19.8 Å². The number of hydrogen-bond donors (Lipinski definition) is 1. The van der Waals surface area contributed by atoms with Gasteiger partial charge >= 0.3 is 11.8 Å². The van der Waals surface area contributed by atoms with E-state index in [0.29, 0.717) is 6.42 Å².